The summed E-state index contributed by atoms with van der Waals surface area (Å²) in [7, 11) is 0. The van der Waals surface area contributed by atoms with Crippen LogP contribution in [0.15, 0.2) is 0 Å². The Labute approximate surface area is 115 Å². The largest absolute Gasteiger partial charge is 0.377 e. The molecule has 2 atom stereocenters. The van der Waals surface area contributed by atoms with E-state index in [1.807, 2.05) is 11.8 Å². The maximum Gasteiger partial charge on any atom is 0.118 e. The molecule has 3 nitrogen and oxygen atoms in total. The lowest BCUT2D eigenvalue weighted by Gasteiger charge is -2.28. The van der Waals surface area contributed by atoms with Crippen molar-refractivity contribution in [2.75, 3.05) is 24.7 Å². The third-order valence-electron chi connectivity index (χ3n) is 3.82. The normalized spacial score (nSPS) is 26.8. The molecule has 4 heteroatoms. The number of nitriles is 1. The third-order valence-corrected chi connectivity index (χ3v) is 5.09. The summed E-state index contributed by atoms with van der Waals surface area (Å²) in [6, 6.07) is 2.56. The summed E-state index contributed by atoms with van der Waals surface area (Å²) >= 11 is 1.89. The van der Waals surface area contributed by atoms with Gasteiger partial charge in [-0.3, -0.25) is 5.32 Å². The maximum absolute atomic E-state index is 9.55. The highest BCUT2D eigenvalue weighted by atomic mass is 32.2. The highest BCUT2D eigenvalue weighted by molar-refractivity contribution is 7.99. The van der Waals surface area contributed by atoms with E-state index in [1.165, 1.54) is 25.7 Å². The topological polar surface area (TPSA) is 45.0 Å². The van der Waals surface area contributed by atoms with Crippen LogP contribution in [-0.4, -0.2) is 36.3 Å². The first-order chi connectivity index (χ1) is 8.80. The van der Waals surface area contributed by atoms with E-state index < -0.39 is 0 Å². The van der Waals surface area contributed by atoms with E-state index in [4.69, 9.17) is 4.74 Å². The predicted octanol–water partition coefficient (Wildman–Crippen LogP) is 2.57. The number of hydrogen-bond acceptors (Lipinski definition) is 4. The maximum atomic E-state index is 9.55. The third kappa shape index (κ3) is 3.63. The Morgan fingerprint density at radius 3 is 2.83 bits per heavy atom. The number of nitrogens with zero attached hydrogens (tertiary/aromatic N) is 1. The SMILES string of the molecule is CCCNC(C#N)(CSCC1CCCO1)C1CC1. The Bertz CT molecular complexity index is 295. The summed E-state index contributed by atoms with van der Waals surface area (Å²) in [5.74, 6) is 2.53. The van der Waals surface area contributed by atoms with E-state index in [0.717, 1.165) is 31.1 Å². The van der Waals surface area contributed by atoms with Crippen LogP contribution in [0.25, 0.3) is 0 Å². The van der Waals surface area contributed by atoms with Gasteiger partial charge < -0.3 is 4.74 Å². The lowest BCUT2D eigenvalue weighted by atomic mass is 9.97. The van der Waals surface area contributed by atoms with E-state index in [2.05, 4.69) is 18.3 Å². The van der Waals surface area contributed by atoms with E-state index in [0.29, 0.717) is 12.0 Å². The molecule has 2 aliphatic rings. The summed E-state index contributed by atoms with van der Waals surface area (Å²) in [6.45, 7) is 4.03. The number of thioether (sulfide) groups is 1. The first-order valence-corrected chi connectivity index (χ1v) is 8.32. The molecule has 0 aromatic carbocycles. The Morgan fingerprint density at radius 2 is 2.28 bits per heavy atom. The fourth-order valence-corrected chi connectivity index (χ4v) is 3.90. The standard InChI is InChI=1S/C14H24N2OS/c1-2-7-16-14(10-15,12-5-6-12)11-18-9-13-4-3-8-17-13/h12-13,16H,2-9,11H2,1H3. The van der Waals surface area contributed by atoms with Crippen molar-refractivity contribution in [3.8, 4) is 6.07 Å². The fraction of sp³-hybridized carbons (Fsp3) is 0.929. The zero-order chi connectivity index (χ0) is 12.8. The average Bonchev–Trinajstić information content (AvgIpc) is 3.12. The zero-order valence-corrected chi connectivity index (χ0v) is 12.1. The lowest BCUT2D eigenvalue weighted by molar-refractivity contribution is 0.129. The molecule has 0 spiro atoms. The molecule has 0 aromatic rings. The van der Waals surface area contributed by atoms with Gasteiger partial charge in [0.1, 0.15) is 5.54 Å². The lowest BCUT2D eigenvalue weighted by Crippen LogP contribution is -2.49. The van der Waals surface area contributed by atoms with Crippen molar-refractivity contribution in [1.82, 2.24) is 5.32 Å². The molecule has 1 aliphatic heterocycles. The summed E-state index contributed by atoms with van der Waals surface area (Å²) in [5, 5.41) is 13.0. The monoisotopic (exact) mass is 268 g/mol. The number of ether oxygens (including phenoxy) is 1. The van der Waals surface area contributed by atoms with Crippen LogP contribution in [0.1, 0.15) is 39.0 Å². The van der Waals surface area contributed by atoms with Gasteiger partial charge in [-0.05, 0) is 44.6 Å². The van der Waals surface area contributed by atoms with Crippen molar-refractivity contribution < 1.29 is 4.74 Å². The molecule has 0 amide bonds. The van der Waals surface area contributed by atoms with Crippen molar-refractivity contribution in [1.29, 1.82) is 5.26 Å². The molecule has 0 bridgehead atoms. The van der Waals surface area contributed by atoms with Gasteiger partial charge in [-0.2, -0.15) is 17.0 Å². The number of nitrogens with one attached hydrogen (secondary N) is 1. The van der Waals surface area contributed by atoms with Gasteiger partial charge in [-0.25, -0.2) is 0 Å². The van der Waals surface area contributed by atoms with Crippen molar-refractivity contribution in [2.24, 2.45) is 5.92 Å². The van der Waals surface area contributed by atoms with Crippen molar-refractivity contribution in [2.45, 2.75) is 50.7 Å². The minimum atomic E-state index is -0.278. The van der Waals surface area contributed by atoms with Gasteiger partial charge in [0.25, 0.3) is 0 Å². The van der Waals surface area contributed by atoms with Crippen LogP contribution in [0.2, 0.25) is 0 Å². The summed E-state index contributed by atoms with van der Waals surface area (Å²) in [4.78, 5) is 0. The van der Waals surface area contributed by atoms with E-state index in [-0.39, 0.29) is 5.54 Å². The molecule has 1 saturated heterocycles. The summed E-state index contributed by atoms with van der Waals surface area (Å²) in [5.41, 5.74) is -0.278. The summed E-state index contributed by atoms with van der Waals surface area (Å²) in [6.07, 6.45) is 6.34. The minimum Gasteiger partial charge on any atom is -0.377 e. The molecular formula is C14H24N2OS. The van der Waals surface area contributed by atoms with Gasteiger partial charge in [-0.1, -0.05) is 6.92 Å². The molecular weight excluding hydrogens is 244 g/mol. The van der Waals surface area contributed by atoms with Crippen molar-refractivity contribution in [3.05, 3.63) is 0 Å². The van der Waals surface area contributed by atoms with Crippen LogP contribution in [0.4, 0.5) is 0 Å². The molecule has 102 valence electrons. The molecule has 2 unspecified atom stereocenters. The first kappa shape index (κ1) is 14.2. The van der Waals surface area contributed by atoms with E-state index >= 15 is 0 Å². The smallest absolute Gasteiger partial charge is 0.118 e. The van der Waals surface area contributed by atoms with Crippen LogP contribution in [0.5, 0.6) is 0 Å². The van der Waals surface area contributed by atoms with Crippen LogP contribution in [0.3, 0.4) is 0 Å². The van der Waals surface area contributed by atoms with Crippen LogP contribution >= 0.6 is 11.8 Å². The van der Waals surface area contributed by atoms with Crippen LogP contribution < -0.4 is 5.32 Å². The Morgan fingerprint density at radius 1 is 1.44 bits per heavy atom. The highest BCUT2D eigenvalue weighted by Crippen LogP contribution is 2.41. The fourth-order valence-electron chi connectivity index (χ4n) is 2.53. The van der Waals surface area contributed by atoms with Gasteiger partial charge in [0.15, 0.2) is 0 Å². The molecule has 1 heterocycles. The molecule has 1 saturated carbocycles. The number of rotatable bonds is 8. The molecule has 1 aliphatic carbocycles. The van der Waals surface area contributed by atoms with E-state index in [9.17, 15) is 5.26 Å². The zero-order valence-electron chi connectivity index (χ0n) is 11.3. The van der Waals surface area contributed by atoms with E-state index in [1.54, 1.807) is 0 Å². The van der Waals surface area contributed by atoms with Gasteiger partial charge >= 0.3 is 0 Å². The first-order valence-electron chi connectivity index (χ1n) is 7.16. The van der Waals surface area contributed by atoms with Gasteiger partial charge in [-0.15, -0.1) is 0 Å². The Balaban J connectivity index is 1.78. The van der Waals surface area contributed by atoms with Crippen molar-refractivity contribution >= 4 is 11.8 Å². The Kier molecular flexibility index (Phi) is 5.35. The number of hydrogen-bond donors (Lipinski definition) is 1. The molecule has 0 radical (unpaired) electrons. The average molecular weight is 268 g/mol. The second-order valence-corrected chi connectivity index (χ2v) is 6.46. The minimum absolute atomic E-state index is 0.278. The van der Waals surface area contributed by atoms with Crippen LogP contribution in [-0.2, 0) is 4.74 Å². The van der Waals surface area contributed by atoms with Gasteiger partial charge in [0, 0.05) is 18.1 Å². The molecule has 2 fully saturated rings. The molecule has 0 aromatic heterocycles. The van der Waals surface area contributed by atoms with Gasteiger partial charge in [0.2, 0.25) is 0 Å². The van der Waals surface area contributed by atoms with Gasteiger partial charge in [0.05, 0.1) is 12.2 Å². The van der Waals surface area contributed by atoms with Crippen molar-refractivity contribution in [3.63, 3.8) is 0 Å². The molecule has 18 heavy (non-hydrogen) atoms. The molecule has 2 rings (SSSR count). The summed E-state index contributed by atoms with van der Waals surface area (Å²) < 4.78 is 5.63. The Hall–Kier alpha value is -0.240. The second kappa shape index (κ2) is 6.79. The molecule has 1 N–H and O–H groups in total. The highest BCUT2D eigenvalue weighted by Gasteiger charge is 2.45. The van der Waals surface area contributed by atoms with Crippen LogP contribution in [0, 0.1) is 17.2 Å². The predicted molar refractivity (Wildman–Crippen MR) is 75.7 cm³/mol. The second-order valence-electron chi connectivity index (χ2n) is 5.43. The quantitative estimate of drug-likeness (QED) is 0.735.